The van der Waals surface area contributed by atoms with E-state index >= 15 is 0 Å². The van der Waals surface area contributed by atoms with E-state index in [0.717, 1.165) is 6.42 Å². The van der Waals surface area contributed by atoms with Gasteiger partial charge in [-0.2, -0.15) is 0 Å². The molecule has 0 heterocycles. The topological polar surface area (TPSA) is 0 Å². The molecule has 0 saturated heterocycles. The lowest BCUT2D eigenvalue weighted by Gasteiger charge is -2.31. The van der Waals surface area contributed by atoms with Crippen LogP contribution in [0.5, 0.6) is 0 Å². The highest BCUT2D eigenvalue weighted by Gasteiger charge is 2.28. The van der Waals surface area contributed by atoms with Crippen LogP contribution in [-0.2, 0) is 6.42 Å². The number of hydrogen-bond acceptors (Lipinski definition) is 0. The van der Waals surface area contributed by atoms with E-state index in [1.807, 2.05) is 0 Å². The third-order valence-corrected chi connectivity index (χ3v) is 5.73. The van der Waals surface area contributed by atoms with Crippen LogP contribution in [0.15, 0.2) is 66.4 Å². The Labute approximate surface area is 137 Å². The Balaban J connectivity index is 1.80. The minimum atomic E-state index is 0.645. The van der Waals surface area contributed by atoms with Gasteiger partial charge >= 0.3 is 0 Å². The first kappa shape index (κ1) is 13.2. The molecule has 3 aromatic rings. The maximum atomic E-state index is 3.33. The van der Waals surface area contributed by atoms with E-state index in [1.165, 1.54) is 40.8 Å². The van der Waals surface area contributed by atoms with Gasteiger partial charge in [0, 0.05) is 0 Å². The van der Waals surface area contributed by atoms with Crippen LogP contribution in [0.2, 0.25) is 0 Å². The van der Waals surface area contributed by atoms with Gasteiger partial charge in [0.25, 0.3) is 0 Å². The van der Waals surface area contributed by atoms with E-state index in [-0.39, 0.29) is 0 Å². The van der Waals surface area contributed by atoms with Gasteiger partial charge in [-0.3, -0.25) is 0 Å². The summed E-state index contributed by atoms with van der Waals surface area (Å²) < 4.78 is 0. The maximum Gasteiger partial charge on any atom is -0.00477 e. The summed E-state index contributed by atoms with van der Waals surface area (Å²) >= 11 is 0. The molecule has 0 amide bonds. The van der Waals surface area contributed by atoms with Crippen LogP contribution >= 0.6 is 0 Å². The van der Waals surface area contributed by atoms with Crippen molar-refractivity contribution in [3.05, 3.63) is 77.5 Å². The highest BCUT2D eigenvalue weighted by atomic mass is 14.3. The summed E-state index contributed by atoms with van der Waals surface area (Å²) in [5.41, 5.74) is 6.52. The van der Waals surface area contributed by atoms with E-state index in [4.69, 9.17) is 0 Å². The molecule has 0 spiro atoms. The van der Waals surface area contributed by atoms with Crippen LogP contribution in [-0.4, -0.2) is 0 Å². The Morgan fingerprint density at radius 1 is 0.870 bits per heavy atom. The van der Waals surface area contributed by atoms with E-state index in [2.05, 4.69) is 66.4 Å². The lowest BCUT2D eigenvalue weighted by Crippen LogP contribution is -2.16. The second-order valence-corrected chi connectivity index (χ2v) is 6.96. The normalized spacial score (nSPS) is 22.8. The third kappa shape index (κ3) is 1.99. The summed E-state index contributed by atoms with van der Waals surface area (Å²) in [7, 11) is 0. The van der Waals surface area contributed by atoms with E-state index in [9.17, 15) is 0 Å². The molecular weight excluding hydrogens is 276 g/mol. The molecule has 0 N–H and O–H groups in total. The first-order valence-corrected chi connectivity index (χ1v) is 8.76. The Bertz CT molecular complexity index is 970. The molecule has 0 fully saturated rings. The summed E-state index contributed by atoms with van der Waals surface area (Å²) in [6, 6.07) is 18.2. The van der Waals surface area contributed by atoms with Crippen molar-refractivity contribution in [2.45, 2.75) is 31.6 Å². The second-order valence-electron chi connectivity index (χ2n) is 6.96. The first-order chi connectivity index (χ1) is 11.4. The Kier molecular flexibility index (Phi) is 2.93. The van der Waals surface area contributed by atoms with Gasteiger partial charge in [0.15, 0.2) is 0 Å². The minimum absolute atomic E-state index is 0.645. The molecule has 2 aliphatic rings. The number of allylic oxidation sites excluding steroid dienone is 1. The monoisotopic (exact) mass is 296 g/mol. The number of fused-ring (bicyclic) bond motifs is 5. The molecule has 5 rings (SSSR count). The van der Waals surface area contributed by atoms with Crippen LogP contribution in [0.4, 0.5) is 0 Å². The van der Waals surface area contributed by atoms with E-state index in [0.29, 0.717) is 11.8 Å². The van der Waals surface area contributed by atoms with Crippen molar-refractivity contribution < 1.29 is 0 Å². The number of hydrogen-bond donors (Lipinski definition) is 0. The summed E-state index contributed by atoms with van der Waals surface area (Å²) in [4.78, 5) is 0. The molecule has 0 heteroatoms. The highest BCUT2D eigenvalue weighted by Crippen LogP contribution is 2.44. The molecular formula is C23H20. The maximum absolute atomic E-state index is 3.33. The average molecular weight is 296 g/mol. The molecule has 2 atom stereocenters. The van der Waals surface area contributed by atoms with Gasteiger partial charge in [-0.15, -0.1) is 5.73 Å². The van der Waals surface area contributed by atoms with Crippen molar-refractivity contribution in [2.24, 2.45) is 5.92 Å². The molecule has 23 heavy (non-hydrogen) atoms. The summed E-state index contributed by atoms with van der Waals surface area (Å²) in [6.07, 6.45) is 9.54. The number of aryl methyl sites for hydroxylation is 1. The highest BCUT2D eigenvalue weighted by molar-refractivity contribution is 6.08. The fourth-order valence-electron chi connectivity index (χ4n) is 4.64. The molecule has 0 nitrogen and oxygen atoms in total. The summed E-state index contributed by atoms with van der Waals surface area (Å²) in [6.45, 7) is 0. The Hall–Kier alpha value is -2.30. The zero-order chi connectivity index (χ0) is 15.2. The van der Waals surface area contributed by atoms with Crippen molar-refractivity contribution in [1.82, 2.24) is 0 Å². The largest absolute Gasteiger partial charge is 0.129 e. The molecule has 0 aromatic heterocycles. The lowest BCUT2D eigenvalue weighted by molar-refractivity contribution is 0.453. The molecule has 0 bridgehead atoms. The van der Waals surface area contributed by atoms with Crippen molar-refractivity contribution in [3.63, 3.8) is 0 Å². The van der Waals surface area contributed by atoms with E-state index in [1.54, 1.807) is 11.1 Å². The van der Waals surface area contributed by atoms with Gasteiger partial charge in [-0.05, 0) is 82.3 Å². The minimum Gasteiger partial charge on any atom is -0.129 e. The van der Waals surface area contributed by atoms with Crippen LogP contribution in [0.1, 0.15) is 36.3 Å². The van der Waals surface area contributed by atoms with Gasteiger partial charge in [0.2, 0.25) is 0 Å². The molecule has 2 unspecified atom stereocenters. The van der Waals surface area contributed by atoms with Gasteiger partial charge in [0.1, 0.15) is 0 Å². The van der Waals surface area contributed by atoms with Crippen LogP contribution < -0.4 is 0 Å². The van der Waals surface area contributed by atoms with Crippen molar-refractivity contribution >= 4 is 21.5 Å². The number of benzene rings is 3. The molecule has 3 aromatic carbocycles. The van der Waals surface area contributed by atoms with Crippen LogP contribution in [0.25, 0.3) is 21.5 Å². The predicted octanol–water partition coefficient (Wildman–Crippen LogP) is 6.14. The fourth-order valence-corrected chi connectivity index (χ4v) is 4.64. The van der Waals surface area contributed by atoms with Crippen molar-refractivity contribution in [1.29, 1.82) is 0 Å². The van der Waals surface area contributed by atoms with Crippen molar-refractivity contribution in [2.75, 3.05) is 0 Å². The fraction of sp³-hybridized carbons (Fsp3) is 0.261. The molecule has 0 saturated carbocycles. The number of rotatable bonds is 1. The van der Waals surface area contributed by atoms with Gasteiger partial charge < -0.3 is 0 Å². The standard InChI is InChI=1S/C23H20/c1-2-7-16(6-1)20-11-5-9-18-13-14-21-19-10-4-3-8-17(19)12-15-22(21)23(18)20/h1,3-4,7-8,10,12-16,20H,5-6,9,11H2. The van der Waals surface area contributed by atoms with Crippen molar-refractivity contribution in [3.8, 4) is 0 Å². The zero-order valence-electron chi connectivity index (χ0n) is 13.3. The predicted molar refractivity (Wildman–Crippen MR) is 97.9 cm³/mol. The lowest BCUT2D eigenvalue weighted by atomic mass is 9.73. The average Bonchev–Trinajstić information content (AvgIpc) is 3.15. The van der Waals surface area contributed by atoms with Gasteiger partial charge in [0.05, 0.1) is 0 Å². The van der Waals surface area contributed by atoms with Crippen LogP contribution in [0, 0.1) is 5.92 Å². The smallest absolute Gasteiger partial charge is 0.00477 e. The SMILES string of the molecule is C1=CCC(C2CCCc3ccc4c(ccc5ccccc54)c32)C=1. The Morgan fingerprint density at radius 2 is 1.78 bits per heavy atom. The van der Waals surface area contributed by atoms with Gasteiger partial charge in [-0.25, -0.2) is 0 Å². The summed E-state index contributed by atoms with van der Waals surface area (Å²) in [5, 5.41) is 5.63. The van der Waals surface area contributed by atoms with Crippen LogP contribution in [0.3, 0.4) is 0 Å². The Morgan fingerprint density at radius 3 is 2.70 bits per heavy atom. The molecule has 0 aliphatic heterocycles. The van der Waals surface area contributed by atoms with Gasteiger partial charge in [-0.1, -0.05) is 48.5 Å². The third-order valence-electron chi connectivity index (χ3n) is 5.73. The molecule has 112 valence electrons. The second kappa shape index (κ2) is 5.11. The summed E-state index contributed by atoms with van der Waals surface area (Å²) in [5.74, 6) is 1.31. The zero-order valence-corrected chi connectivity index (χ0v) is 13.3. The quantitative estimate of drug-likeness (QED) is 0.373. The molecule has 0 radical (unpaired) electrons. The first-order valence-electron chi connectivity index (χ1n) is 8.76. The van der Waals surface area contributed by atoms with E-state index < -0.39 is 0 Å². The molecule has 2 aliphatic carbocycles.